The molecule has 5 rings (SSSR count). The summed E-state index contributed by atoms with van der Waals surface area (Å²) in [7, 11) is -1.28. The Hall–Kier alpha value is -3.93. The number of benzene rings is 3. The minimum Gasteiger partial charge on any atom is -0.497 e. The third-order valence-corrected chi connectivity index (χ3v) is 9.75. The third kappa shape index (κ3) is 7.06. The van der Waals surface area contributed by atoms with Crippen LogP contribution in [0.4, 0.5) is 10.3 Å². The molecule has 0 saturated carbocycles. The second kappa shape index (κ2) is 13.8. The van der Waals surface area contributed by atoms with Crippen molar-refractivity contribution < 1.29 is 27.0 Å². The molecule has 0 radical (unpaired) electrons. The van der Waals surface area contributed by atoms with Gasteiger partial charge in [-0.05, 0) is 55.7 Å². The molecule has 1 saturated heterocycles. The normalized spacial score (nSPS) is 15.0. The van der Waals surface area contributed by atoms with Crippen LogP contribution in [0.15, 0.2) is 84.0 Å². The number of aromatic nitrogens is 2. The number of piperidine rings is 1. The number of anilines is 1. The molecule has 232 valence electrons. The average molecular weight is 641 g/mol. The Kier molecular flexibility index (Phi) is 9.87. The molecule has 9 nitrogen and oxygen atoms in total. The van der Waals surface area contributed by atoms with E-state index in [1.54, 1.807) is 24.3 Å². The van der Waals surface area contributed by atoms with Crippen molar-refractivity contribution in [3.8, 4) is 17.2 Å². The monoisotopic (exact) mass is 640 g/mol. The molecule has 1 aliphatic rings. The average Bonchev–Trinajstić information content (AvgIpc) is 3.05. The van der Waals surface area contributed by atoms with E-state index in [1.165, 1.54) is 31.9 Å². The summed E-state index contributed by atoms with van der Waals surface area (Å²) < 4.78 is 59.6. The van der Waals surface area contributed by atoms with Gasteiger partial charge in [-0.2, -0.15) is 0 Å². The van der Waals surface area contributed by atoms with Crippen molar-refractivity contribution in [2.75, 3.05) is 31.6 Å². The van der Waals surface area contributed by atoms with Gasteiger partial charge in [0.1, 0.15) is 23.4 Å². The van der Waals surface area contributed by atoms with E-state index < -0.39 is 15.8 Å². The highest BCUT2D eigenvalue weighted by Crippen LogP contribution is 2.34. The number of hydrogen-bond acceptors (Lipinski definition) is 8. The van der Waals surface area contributed by atoms with Gasteiger partial charge in [0.15, 0.2) is 5.82 Å². The minimum atomic E-state index is -4.27. The van der Waals surface area contributed by atoms with E-state index in [1.807, 2.05) is 6.07 Å². The molecule has 12 heteroatoms. The van der Waals surface area contributed by atoms with Gasteiger partial charge in [0.25, 0.3) is 10.0 Å². The fourth-order valence-corrected chi connectivity index (χ4v) is 6.87. The predicted molar refractivity (Wildman–Crippen MR) is 166 cm³/mol. The van der Waals surface area contributed by atoms with E-state index in [4.69, 9.17) is 25.8 Å². The molecule has 1 atom stereocenters. The summed E-state index contributed by atoms with van der Waals surface area (Å²) in [6, 6.07) is 20.0. The lowest BCUT2D eigenvalue weighted by molar-refractivity contribution is 0.0797. The molecule has 1 aliphatic heterocycles. The lowest BCUT2D eigenvalue weighted by Gasteiger charge is -2.36. The van der Waals surface area contributed by atoms with E-state index in [0.717, 1.165) is 42.6 Å². The zero-order valence-corrected chi connectivity index (χ0v) is 26.3. The van der Waals surface area contributed by atoms with Crippen molar-refractivity contribution in [3.63, 3.8) is 0 Å². The van der Waals surface area contributed by atoms with Gasteiger partial charge in [-0.3, -0.25) is 4.90 Å². The maximum absolute atomic E-state index is 14.0. The molecule has 0 aliphatic carbocycles. The van der Waals surface area contributed by atoms with Crippen LogP contribution < -0.4 is 18.5 Å². The SMILES string of the molecule is COc1ccc(CN(c2ncc(F)cn2)S(=O)(=O)c2ccc(OC3CCN([C@H](C)c4ccccc4)CC3)c(Cl)c2)c(OC)c1. The van der Waals surface area contributed by atoms with E-state index in [9.17, 15) is 12.8 Å². The number of nitrogens with zero attached hydrogens (tertiary/aromatic N) is 4. The van der Waals surface area contributed by atoms with Crippen LogP contribution in [0.3, 0.4) is 0 Å². The molecule has 2 heterocycles. The Morgan fingerprint density at radius 3 is 2.32 bits per heavy atom. The largest absolute Gasteiger partial charge is 0.497 e. The van der Waals surface area contributed by atoms with E-state index >= 15 is 0 Å². The molecule has 0 N–H and O–H groups in total. The van der Waals surface area contributed by atoms with Gasteiger partial charge in [0.05, 0.1) is 43.1 Å². The summed E-state index contributed by atoms with van der Waals surface area (Å²) in [6.45, 7) is 3.74. The van der Waals surface area contributed by atoms with Crippen LogP contribution >= 0.6 is 11.6 Å². The van der Waals surface area contributed by atoms with Crippen molar-refractivity contribution in [1.82, 2.24) is 14.9 Å². The number of likely N-dealkylation sites (tertiary alicyclic amines) is 1. The zero-order valence-electron chi connectivity index (χ0n) is 24.7. The molecule has 1 aromatic heterocycles. The molecule has 44 heavy (non-hydrogen) atoms. The van der Waals surface area contributed by atoms with Gasteiger partial charge >= 0.3 is 0 Å². The van der Waals surface area contributed by atoms with E-state index in [-0.39, 0.29) is 28.5 Å². The maximum atomic E-state index is 14.0. The van der Waals surface area contributed by atoms with Crippen LogP contribution in [-0.2, 0) is 16.6 Å². The molecular formula is C32H34ClFN4O5S. The van der Waals surface area contributed by atoms with Crippen LogP contribution in [0, 0.1) is 5.82 Å². The highest BCUT2D eigenvalue weighted by atomic mass is 35.5. The summed E-state index contributed by atoms with van der Waals surface area (Å²) >= 11 is 6.59. The fourth-order valence-electron chi connectivity index (χ4n) is 5.20. The number of halogens is 2. The number of sulfonamides is 1. The Morgan fingerprint density at radius 1 is 0.977 bits per heavy atom. The van der Waals surface area contributed by atoms with Crippen LogP contribution in [0.2, 0.25) is 5.02 Å². The van der Waals surface area contributed by atoms with Gasteiger partial charge in [0, 0.05) is 30.8 Å². The first-order valence-electron chi connectivity index (χ1n) is 14.2. The highest BCUT2D eigenvalue weighted by molar-refractivity contribution is 7.92. The Balaban J connectivity index is 1.34. The predicted octanol–water partition coefficient (Wildman–Crippen LogP) is 6.29. The molecule has 3 aromatic carbocycles. The quantitative estimate of drug-likeness (QED) is 0.189. The number of rotatable bonds is 11. The zero-order chi connectivity index (χ0) is 31.3. The topological polar surface area (TPSA) is 94.1 Å². The molecule has 0 amide bonds. The van der Waals surface area contributed by atoms with Gasteiger partial charge in [-0.25, -0.2) is 27.1 Å². The number of methoxy groups -OCH3 is 2. The Bertz CT molecular complexity index is 1670. The minimum absolute atomic E-state index is 0.0548. The van der Waals surface area contributed by atoms with Gasteiger partial charge in [-0.1, -0.05) is 41.9 Å². The fraction of sp³-hybridized carbons (Fsp3) is 0.312. The van der Waals surface area contributed by atoms with Crippen LogP contribution in [0.5, 0.6) is 17.2 Å². The van der Waals surface area contributed by atoms with Crippen molar-refractivity contribution in [1.29, 1.82) is 0 Å². The molecule has 1 fully saturated rings. The summed E-state index contributed by atoms with van der Waals surface area (Å²) in [5.41, 5.74) is 1.79. The first-order chi connectivity index (χ1) is 21.2. The second-order valence-corrected chi connectivity index (χ2v) is 12.7. The first kappa shape index (κ1) is 31.5. The first-order valence-corrected chi connectivity index (χ1v) is 16.0. The number of hydrogen-bond donors (Lipinski definition) is 0. The highest BCUT2D eigenvalue weighted by Gasteiger charge is 2.30. The molecule has 0 bridgehead atoms. The maximum Gasteiger partial charge on any atom is 0.267 e. The Morgan fingerprint density at radius 2 is 1.68 bits per heavy atom. The smallest absolute Gasteiger partial charge is 0.267 e. The van der Waals surface area contributed by atoms with Crippen LogP contribution in [0.25, 0.3) is 0 Å². The van der Waals surface area contributed by atoms with Gasteiger partial charge in [-0.15, -0.1) is 0 Å². The molecule has 0 spiro atoms. The molecular weight excluding hydrogens is 607 g/mol. The van der Waals surface area contributed by atoms with E-state index in [2.05, 4.69) is 46.1 Å². The van der Waals surface area contributed by atoms with Crippen molar-refractivity contribution in [2.24, 2.45) is 0 Å². The summed E-state index contributed by atoms with van der Waals surface area (Å²) in [4.78, 5) is 10.2. The van der Waals surface area contributed by atoms with Crippen molar-refractivity contribution in [2.45, 2.75) is 43.4 Å². The lowest BCUT2D eigenvalue weighted by atomic mass is 10.0. The Labute approximate surface area is 262 Å². The molecule has 4 aromatic rings. The third-order valence-electron chi connectivity index (χ3n) is 7.73. The summed E-state index contributed by atoms with van der Waals surface area (Å²) in [5.74, 6) is 0.436. The summed E-state index contributed by atoms with van der Waals surface area (Å²) in [6.07, 6.45) is 3.39. The van der Waals surface area contributed by atoms with Gasteiger partial charge in [0.2, 0.25) is 5.95 Å². The van der Waals surface area contributed by atoms with Crippen LogP contribution in [-0.4, -0.2) is 56.7 Å². The van der Waals surface area contributed by atoms with E-state index in [0.29, 0.717) is 28.9 Å². The standard InChI is InChI=1S/C32H34ClFN4O5S/c1-22(23-7-5-4-6-8-23)37-15-13-26(14-16-37)43-30-12-11-28(18-29(30)33)44(39,40)38(32-35-19-25(34)20-36-32)21-24-9-10-27(41-2)17-31(24)42-3/h4-12,17-20,22,26H,13-16,21H2,1-3H3/t22-/m1/s1. The van der Waals surface area contributed by atoms with Crippen molar-refractivity contribution in [3.05, 3.63) is 101 Å². The molecule has 0 unspecified atom stereocenters. The second-order valence-electron chi connectivity index (χ2n) is 10.4. The summed E-state index contributed by atoms with van der Waals surface area (Å²) in [5, 5.41) is 0.160. The van der Waals surface area contributed by atoms with Crippen molar-refractivity contribution >= 4 is 27.6 Å². The lowest BCUT2D eigenvalue weighted by Crippen LogP contribution is -2.39. The van der Waals surface area contributed by atoms with Crippen LogP contribution in [0.1, 0.15) is 36.9 Å². The number of ether oxygens (including phenoxy) is 3. The van der Waals surface area contributed by atoms with Gasteiger partial charge < -0.3 is 14.2 Å².